The van der Waals surface area contributed by atoms with Crippen molar-refractivity contribution in [3.8, 4) is 5.75 Å². The number of piperazine rings is 1. The lowest BCUT2D eigenvalue weighted by Crippen LogP contribution is -2.51. The number of methoxy groups -OCH3 is 1. The molecule has 4 rings (SSSR count). The van der Waals surface area contributed by atoms with E-state index in [1.54, 1.807) is 18.4 Å². The van der Waals surface area contributed by atoms with Gasteiger partial charge in [-0.3, -0.25) is 4.79 Å². The van der Waals surface area contributed by atoms with Gasteiger partial charge in [0.05, 0.1) is 16.8 Å². The molecule has 0 radical (unpaired) electrons. The fraction of sp³-hybridized carbons (Fsp3) is 0.529. The molecule has 1 saturated carbocycles. The predicted molar refractivity (Wildman–Crippen MR) is 97.3 cm³/mol. The molecule has 2 aliphatic rings. The van der Waals surface area contributed by atoms with E-state index >= 15 is 0 Å². The average Bonchev–Trinajstić information content (AvgIpc) is 3.00. The van der Waals surface area contributed by atoms with Crippen molar-refractivity contribution in [1.82, 2.24) is 9.88 Å². The number of halogens is 1. The number of anilines is 1. The number of fused-ring (bicyclic) bond motifs is 1. The van der Waals surface area contributed by atoms with Crippen molar-refractivity contribution in [3.05, 3.63) is 17.2 Å². The van der Waals surface area contributed by atoms with Crippen molar-refractivity contribution in [3.63, 3.8) is 0 Å². The molecule has 24 heavy (non-hydrogen) atoms. The number of hydrogen-bond donors (Lipinski definition) is 0. The van der Waals surface area contributed by atoms with Gasteiger partial charge in [-0.05, 0) is 25.0 Å². The van der Waals surface area contributed by atoms with E-state index in [0.717, 1.165) is 60.1 Å². The molecule has 2 heterocycles. The van der Waals surface area contributed by atoms with E-state index in [0.29, 0.717) is 10.9 Å². The molecule has 7 heteroatoms. The number of nitrogens with zero attached hydrogens (tertiary/aromatic N) is 3. The first-order valence-electron chi connectivity index (χ1n) is 8.34. The van der Waals surface area contributed by atoms with E-state index in [4.69, 9.17) is 21.3 Å². The van der Waals surface area contributed by atoms with Crippen LogP contribution in [0.25, 0.3) is 10.2 Å². The van der Waals surface area contributed by atoms with Gasteiger partial charge in [0.25, 0.3) is 0 Å². The summed E-state index contributed by atoms with van der Waals surface area (Å²) in [5, 5.41) is 1.65. The number of ether oxygens (including phenoxy) is 1. The first-order chi connectivity index (χ1) is 11.7. The summed E-state index contributed by atoms with van der Waals surface area (Å²) in [5.41, 5.74) is 0.818. The molecule has 1 aromatic carbocycles. The van der Waals surface area contributed by atoms with Gasteiger partial charge < -0.3 is 14.5 Å². The van der Waals surface area contributed by atoms with Crippen LogP contribution >= 0.6 is 22.9 Å². The second-order valence-corrected chi connectivity index (χ2v) is 7.75. The minimum atomic E-state index is 0.280. The smallest absolute Gasteiger partial charge is 0.225 e. The van der Waals surface area contributed by atoms with E-state index in [9.17, 15) is 4.79 Å². The van der Waals surface area contributed by atoms with Crippen LogP contribution in [0.1, 0.15) is 19.3 Å². The summed E-state index contributed by atoms with van der Waals surface area (Å²) in [5.74, 6) is 1.37. The third-order valence-corrected chi connectivity index (χ3v) is 6.56. The highest BCUT2D eigenvalue weighted by Gasteiger charge is 2.31. The van der Waals surface area contributed by atoms with Gasteiger partial charge in [-0.2, -0.15) is 0 Å². The lowest BCUT2D eigenvalue weighted by molar-refractivity contribution is -0.138. The van der Waals surface area contributed by atoms with Crippen LogP contribution in [0, 0.1) is 5.92 Å². The normalized spacial score (nSPS) is 18.8. The largest absolute Gasteiger partial charge is 0.494 e. The summed E-state index contributed by atoms with van der Waals surface area (Å²) >= 11 is 7.89. The van der Waals surface area contributed by atoms with Crippen LogP contribution in [0.2, 0.25) is 5.02 Å². The van der Waals surface area contributed by atoms with Crippen LogP contribution in [-0.2, 0) is 4.79 Å². The van der Waals surface area contributed by atoms with Gasteiger partial charge in [0.15, 0.2) is 5.13 Å². The number of hydrogen-bond acceptors (Lipinski definition) is 5. The predicted octanol–water partition coefficient (Wildman–Crippen LogP) is 3.41. The lowest BCUT2D eigenvalue weighted by atomic mass is 9.84. The number of rotatable bonds is 3. The Labute approximate surface area is 150 Å². The first-order valence-corrected chi connectivity index (χ1v) is 9.53. The van der Waals surface area contributed by atoms with Gasteiger partial charge in [-0.1, -0.05) is 29.4 Å². The van der Waals surface area contributed by atoms with Crippen molar-refractivity contribution < 1.29 is 9.53 Å². The van der Waals surface area contributed by atoms with Gasteiger partial charge in [-0.15, -0.1) is 0 Å². The molecule has 1 saturated heterocycles. The van der Waals surface area contributed by atoms with Crippen molar-refractivity contribution in [1.29, 1.82) is 0 Å². The maximum absolute atomic E-state index is 12.4. The monoisotopic (exact) mass is 365 g/mol. The number of carbonyl (C=O) groups is 1. The van der Waals surface area contributed by atoms with Crippen molar-refractivity contribution in [2.45, 2.75) is 19.3 Å². The van der Waals surface area contributed by atoms with E-state index in [2.05, 4.69) is 4.90 Å². The Hall–Kier alpha value is -1.53. The minimum Gasteiger partial charge on any atom is -0.494 e. The Bertz CT molecular complexity index is 767. The number of aromatic nitrogens is 1. The quantitative estimate of drug-likeness (QED) is 0.836. The summed E-state index contributed by atoms with van der Waals surface area (Å²) in [4.78, 5) is 21.3. The Morgan fingerprint density at radius 2 is 2.04 bits per heavy atom. The summed E-state index contributed by atoms with van der Waals surface area (Å²) in [6.45, 7) is 3.18. The van der Waals surface area contributed by atoms with Gasteiger partial charge >= 0.3 is 0 Å². The van der Waals surface area contributed by atoms with Gasteiger partial charge in [0.2, 0.25) is 5.91 Å². The summed E-state index contributed by atoms with van der Waals surface area (Å²) in [6.07, 6.45) is 3.33. The third-order valence-electron chi connectivity index (χ3n) is 4.98. The molecule has 0 bridgehead atoms. The molecule has 0 spiro atoms. The SMILES string of the molecule is COc1ccc(Cl)c2sc(N3CCN(C(=O)C4CCC4)CC3)nc12. The van der Waals surface area contributed by atoms with Gasteiger partial charge in [0, 0.05) is 32.1 Å². The number of carbonyl (C=O) groups excluding carboxylic acids is 1. The molecular weight excluding hydrogens is 346 g/mol. The topological polar surface area (TPSA) is 45.7 Å². The van der Waals surface area contributed by atoms with Crippen LogP contribution in [-0.4, -0.2) is 49.1 Å². The molecule has 2 aromatic rings. The Morgan fingerprint density at radius 1 is 1.29 bits per heavy atom. The molecule has 1 aliphatic heterocycles. The molecule has 1 amide bonds. The highest BCUT2D eigenvalue weighted by atomic mass is 35.5. The Kier molecular flexibility index (Phi) is 4.26. The summed E-state index contributed by atoms with van der Waals surface area (Å²) < 4.78 is 6.35. The van der Waals surface area contributed by atoms with E-state index in [-0.39, 0.29) is 5.92 Å². The Morgan fingerprint density at radius 3 is 2.67 bits per heavy atom. The van der Waals surface area contributed by atoms with Gasteiger partial charge in [0.1, 0.15) is 11.3 Å². The van der Waals surface area contributed by atoms with Crippen molar-refractivity contribution in [2.24, 2.45) is 5.92 Å². The highest BCUT2D eigenvalue weighted by molar-refractivity contribution is 7.22. The molecule has 0 unspecified atom stereocenters. The van der Waals surface area contributed by atoms with Crippen LogP contribution in [0.3, 0.4) is 0 Å². The van der Waals surface area contributed by atoms with Crippen LogP contribution in [0.5, 0.6) is 5.75 Å². The average molecular weight is 366 g/mol. The molecule has 1 aromatic heterocycles. The molecule has 2 fully saturated rings. The van der Waals surface area contributed by atoms with Crippen LogP contribution in [0.4, 0.5) is 5.13 Å². The maximum atomic E-state index is 12.4. The molecular formula is C17H20ClN3O2S. The first kappa shape index (κ1) is 16.0. The third kappa shape index (κ3) is 2.71. The molecule has 5 nitrogen and oxygen atoms in total. The Balaban J connectivity index is 1.50. The van der Waals surface area contributed by atoms with Crippen LogP contribution < -0.4 is 9.64 Å². The summed E-state index contributed by atoms with van der Waals surface area (Å²) in [7, 11) is 1.65. The van der Waals surface area contributed by atoms with Gasteiger partial charge in [-0.25, -0.2) is 4.98 Å². The molecule has 0 N–H and O–H groups in total. The number of benzene rings is 1. The number of thiazole rings is 1. The van der Waals surface area contributed by atoms with Crippen LogP contribution in [0.15, 0.2) is 12.1 Å². The summed E-state index contributed by atoms with van der Waals surface area (Å²) in [6, 6.07) is 3.70. The fourth-order valence-electron chi connectivity index (χ4n) is 3.27. The van der Waals surface area contributed by atoms with E-state index < -0.39 is 0 Å². The van der Waals surface area contributed by atoms with Crippen molar-refractivity contribution in [2.75, 3.05) is 38.2 Å². The standard InChI is InChI=1S/C17H20ClN3O2S/c1-23-13-6-5-12(18)15-14(13)19-17(24-15)21-9-7-20(8-10-21)16(22)11-3-2-4-11/h5-6,11H,2-4,7-10H2,1H3. The molecule has 128 valence electrons. The molecule has 0 atom stereocenters. The zero-order valence-corrected chi connectivity index (χ0v) is 15.2. The van der Waals surface area contributed by atoms with Crippen molar-refractivity contribution >= 4 is 44.2 Å². The molecule has 1 aliphatic carbocycles. The second kappa shape index (κ2) is 6.41. The second-order valence-electron chi connectivity index (χ2n) is 6.36. The zero-order chi connectivity index (χ0) is 16.7. The highest BCUT2D eigenvalue weighted by Crippen LogP contribution is 2.39. The number of amides is 1. The zero-order valence-electron chi connectivity index (χ0n) is 13.6. The minimum absolute atomic E-state index is 0.280. The lowest BCUT2D eigenvalue weighted by Gasteiger charge is -2.38. The van der Waals surface area contributed by atoms with E-state index in [1.165, 1.54) is 6.42 Å². The maximum Gasteiger partial charge on any atom is 0.225 e. The van der Waals surface area contributed by atoms with E-state index in [1.807, 2.05) is 17.0 Å². The fourth-order valence-corrected chi connectivity index (χ4v) is 4.58.